The van der Waals surface area contributed by atoms with E-state index in [9.17, 15) is 8.42 Å². The molecule has 0 atom stereocenters. The van der Waals surface area contributed by atoms with Gasteiger partial charge in [0, 0.05) is 11.1 Å². The van der Waals surface area contributed by atoms with E-state index in [4.69, 9.17) is 0 Å². The van der Waals surface area contributed by atoms with Crippen molar-refractivity contribution in [2.24, 2.45) is 0 Å². The number of nitrogens with one attached hydrogen (secondary N) is 1. The second-order valence-corrected chi connectivity index (χ2v) is 7.70. The molecule has 106 valence electrons. The molecule has 0 fully saturated rings. The molecule has 0 saturated heterocycles. The molecule has 0 radical (unpaired) electrons. The van der Waals surface area contributed by atoms with Gasteiger partial charge in [0.1, 0.15) is 5.01 Å². The van der Waals surface area contributed by atoms with E-state index in [0.29, 0.717) is 4.90 Å². The monoisotopic (exact) mass is 308 g/mol. The summed E-state index contributed by atoms with van der Waals surface area (Å²) in [5, 5.41) is 2.70. The molecule has 1 aliphatic rings. The fourth-order valence-corrected chi connectivity index (χ4v) is 4.28. The van der Waals surface area contributed by atoms with Crippen molar-refractivity contribution in [1.82, 2.24) is 9.71 Å². The van der Waals surface area contributed by atoms with Gasteiger partial charge < -0.3 is 0 Å². The molecule has 0 bridgehead atoms. The van der Waals surface area contributed by atoms with Crippen LogP contribution in [0.3, 0.4) is 0 Å². The van der Waals surface area contributed by atoms with Gasteiger partial charge in [-0.3, -0.25) is 0 Å². The summed E-state index contributed by atoms with van der Waals surface area (Å²) in [5.41, 5.74) is 3.36. The molecule has 1 N–H and O–H groups in total. The minimum atomic E-state index is -3.45. The van der Waals surface area contributed by atoms with Gasteiger partial charge in [0.05, 0.1) is 11.4 Å². The summed E-state index contributed by atoms with van der Waals surface area (Å²) in [5.74, 6) is 0. The predicted octanol–water partition coefficient (Wildman–Crippen LogP) is 2.42. The molecule has 1 heterocycles. The van der Waals surface area contributed by atoms with Crippen LogP contribution in [0.2, 0.25) is 0 Å². The van der Waals surface area contributed by atoms with Gasteiger partial charge in [-0.25, -0.2) is 18.1 Å². The van der Waals surface area contributed by atoms with E-state index >= 15 is 0 Å². The van der Waals surface area contributed by atoms with Crippen LogP contribution in [0.1, 0.15) is 28.2 Å². The molecule has 0 spiro atoms. The highest BCUT2D eigenvalue weighted by Gasteiger charge is 2.18. The number of nitrogens with zero attached hydrogens (tertiary/aromatic N) is 1. The molecule has 1 aromatic heterocycles. The lowest BCUT2D eigenvalue weighted by Crippen LogP contribution is -2.23. The van der Waals surface area contributed by atoms with E-state index in [-0.39, 0.29) is 6.54 Å². The molecule has 20 heavy (non-hydrogen) atoms. The molecular formula is C14H16N2O2S2. The minimum absolute atomic E-state index is 0.248. The third-order valence-corrected chi connectivity index (χ3v) is 5.83. The van der Waals surface area contributed by atoms with Crippen LogP contribution in [0.4, 0.5) is 0 Å². The number of thiazole rings is 1. The Bertz CT molecular complexity index is 735. The number of fused-ring (bicyclic) bond motifs is 1. The first-order valence-corrected chi connectivity index (χ1v) is 8.93. The van der Waals surface area contributed by atoms with E-state index in [1.165, 1.54) is 16.9 Å². The Balaban J connectivity index is 1.78. The molecule has 0 aliphatic heterocycles. The van der Waals surface area contributed by atoms with Gasteiger partial charge in [-0.2, -0.15) is 0 Å². The fourth-order valence-electron chi connectivity index (χ4n) is 2.44. The second kappa shape index (κ2) is 5.27. The van der Waals surface area contributed by atoms with Gasteiger partial charge >= 0.3 is 0 Å². The van der Waals surface area contributed by atoms with E-state index < -0.39 is 10.0 Å². The zero-order valence-corrected chi connectivity index (χ0v) is 12.9. The number of sulfonamides is 1. The molecule has 3 rings (SSSR count). The predicted molar refractivity (Wildman–Crippen MR) is 79.3 cm³/mol. The molecule has 0 amide bonds. The first-order chi connectivity index (χ1) is 9.54. The lowest BCUT2D eigenvalue weighted by Gasteiger charge is -2.07. The SMILES string of the molecule is Cc1csc(CNS(=O)(=O)c2ccc3c(c2)CCC3)n1. The van der Waals surface area contributed by atoms with Crippen LogP contribution in [0, 0.1) is 6.92 Å². The smallest absolute Gasteiger partial charge is 0.240 e. The van der Waals surface area contributed by atoms with Crippen LogP contribution in [0.5, 0.6) is 0 Å². The average Bonchev–Trinajstić information content (AvgIpc) is 3.04. The maximum absolute atomic E-state index is 12.3. The Hall–Kier alpha value is -1.24. The van der Waals surface area contributed by atoms with Crippen molar-refractivity contribution < 1.29 is 8.42 Å². The quantitative estimate of drug-likeness (QED) is 0.943. The Kier molecular flexibility index (Phi) is 3.62. The molecule has 6 heteroatoms. The summed E-state index contributed by atoms with van der Waals surface area (Å²) in [6, 6.07) is 5.43. The molecule has 2 aromatic rings. The Morgan fingerprint density at radius 3 is 2.85 bits per heavy atom. The highest BCUT2D eigenvalue weighted by Crippen LogP contribution is 2.24. The maximum Gasteiger partial charge on any atom is 0.240 e. The lowest BCUT2D eigenvalue weighted by molar-refractivity contribution is 0.581. The Morgan fingerprint density at radius 1 is 1.30 bits per heavy atom. The van der Waals surface area contributed by atoms with E-state index in [1.807, 2.05) is 18.4 Å². The van der Waals surface area contributed by atoms with Crippen molar-refractivity contribution in [3.8, 4) is 0 Å². The first-order valence-electron chi connectivity index (χ1n) is 6.57. The van der Waals surface area contributed by atoms with Crippen LogP contribution in [0.25, 0.3) is 0 Å². The molecular weight excluding hydrogens is 292 g/mol. The Labute approximate surface area is 122 Å². The number of hydrogen-bond acceptors (Lipinski definition) is 4. The summed E-state index contributed by atoms with van der Waals surface area (Å²) in [4.78, 5) is 4.61. The highest BCUT2D eigenvalue weighted by atomic mass is 32.2. The zero-order valence-electron chi connectivity index (χ0n) is 11.2. The van der Waals surface area contributed by atoms with Crippen LogP contribution in [0.15, 0.2) is 28.5 Å². The van der Waals surface area contributed by atoms with Crippen LogP contribution >= 0.6 is 11.3 Å². The Morgan fingerprint density at radius 2 is 2.10 bits per heavy atom. The topological polar surface area (TPSA) is 59.1 Å². The molecule has 0 unspecified atom stereocenters. The van der Waals surface area contributed by atoms with E-state index in [1.54, 1.807) is 12.1 Å². The normalized spacial score (nSPS) is 14.4. The number of hydrogen-bond donors (Lipinski definition) is 1. The molecule has 0 saturated carbocycles. The van der Waals surface area contributed by atoms with Gasteiger partial charge in [-0.05, 0) is 49.4 Å². The zero-order chi connectivity index (χ0) is 14.2. The second-order valence-electron chi connectivity index (χ2n) is 4.99. The number of aryl methyl sites for hydroxylation is 3. The van der Waals surface area contributed by atoms with Crippen LogP contribution in [-0.4, -0.2) is 13.4 Å². The van der Waals surface area contributed by atoms with Gasteiger partial charge in [-0.15, -0.1) is 11.3 Å². The third-order valence-electron chi connectivity index (χ3n) is 3.46. The van der Waals surface area contributed by atoms with Crippen molar-refractivity contribution in [2.45, 2.75) is 37.6 Å². The van der Waals surface area contributed by atoms with E-state index in [0.717, 1.165) is 35.5 Å². The summed E-state index contributed by atoms with van der Waals surface area (Å²) in [6.07, 6.45) is 3.15. The van der Waals surface area contributed by atoms with Gasteiger partial charge in [0.2, 0.25) is 10.0 Å². The van der Waals surface area contributed by atoms with E-state index in [2.05, 4.69) is 9.71 Å². The lowest BCUT2D eigenvalue weighted by atomic mass is 10.1. The minimum Gasteiger partial charge on any atom is -0.245 e. The highest BCUT2D eigenvalue weighted by molar-refractivity contribution is 7.89. The van der Waals surface area contributed by atoms with Crippen molar-refractivity contribution in [1.29, 1.82) is 0 Å². The number of rotatable bonds is 4. The van der Waals surface area contributed by atoms with Crippen molar-refractivity contribution in [2.75, 3.05) is 0 Å². The van der Waals surface area contributed by atoms with Crippen LogP contribution < -0.4 is 4.72 Å². The number of aromatic nitrogens is 1. The molecule has 1 aromatic carbocycles. The van der Waals surface area contributed by atoms with Gasteiger partial charge in [0.25, 0.3) is 0 Å². The molecule has 1 aliphatic carbocycles. The average molecular weight is 308 g/mol. The maximum atomic E-state index is 12.3. The van der Waals surface area contributed by atoms with Gasteiger partial charge in [-0.1, -0.05) is 6.07 Å². The first kappa shape index (κ1) is 13.7. The number of benzene rings is 1. The third kappa shape index (κ3) is 2.77. The summed E-state index contributed by atoms with van der Waals surface area (Å²) < 4.78 is 27.2. The standard InChI is InChI=1S/C14H16N2O2S2/c1-10-9-19-14(16-10)8-15-20(17,18)13-6-5-11-3-2-4-12(11)7-13/h5-7,9,15H,2-4,8H2,1H3. The molecule has 4 nitrogen and oxygen atoms in total. The fraction of sp³-hybridized carbons (Fsp3) is 0.357. The summed E-state index contributed by atoms with van der Waals surface area (Å²) in [6.45, 7) is 2.15. The summed E-state index contributed by atoms with van der Waals surface area (Å²) in [7, 11) is -3.45. The largest absolute Gasteiger partial charge is 0.245 e. The van der Waals surface area contributed by atoms with Crippen molar-refractivity contribution >= 4 is 21.4 Å². The summed E-state index contributed by atoms with van der Waals surface area (Å²) >= 11 is 1.47. The van der Waals surface area contributed by atoms with Crippen molar-refractivity contribution in [3.05, 3.63) is 45.4 Å². The van der Waals surface area contributed by atoms with Crippen LogP contribution in [-0.2, 0) is 29.4 Å². The van der Waals surface area contributed by atoms with Gasteiger partial charge in [0.15, 0.2) is 0 Å². The van der Waals surface area contributed by atoms with Crippen molar-refractivity contribution in [3.63, 3.8) is 0 Å².